The fraction of sp³-hybridized carbons (Fsp3) is 0.423. The molecule has 0 bridgehead atoms. The Labute approximate surface area is 208 Å². The van der Waals surface area contributed by atoms with Crippen LogP contribution in [0.2, 0.25) is 5.02 Å². The molecule has 7 nitrogen and oxygen atoms in total. The Morgan fingerprint density at radius 2 is 1.89 bits per heavy atom. The van der Waals surface area contributed by atoms with E-state index in [2.05, 4.69) is 0 Å². The minimum Gasteiger partial charge on any atom is -0.466 e. The van der Waals surface area contributed by atoms with Gasteiger partial charge >= 0.3 is 5.97 Å². The molecule has 0 saturated carbocycles. The van der Waals surface area contributed by atoms with E-state index in [-0.39, 0.29) is 41.4 Å². The van der Waals surface area contributed by atoms with Crippen molar-refractivity contribution in [2.24, 2.45) is 5.92 Å². The molecule has 2 aliphatic rings. The van der Waals surface area contributed by atoms with Gasteiger partial charge in [0.15, 0.2) is 12.0 Å². The zero-order valence-corrected chi connectivity index (χ0v) is 20.3. The summed E-state index contributed by atoms with van der Waals surface area (Å²) in [6.07, 6.45) is -0.142. The van der Waals surface area contributed by atoms with E-state index in [0.717, 1.165) is 0 Å². The smallest absolute Gasteiger partial charge is 0.308 e. The van der Waals surface area contributed by atoms with Crippen LogP contribution in [0.4, 0.5) is 4.39 Å². The highest BCUT2D eigenvalue weighted by atomic mass is 35.5. The number of methoxy groups -OCH3 is 1. The summed E-state index contributed by atoms with van der Waals surface area (Å²) in [5.41, 5.74) is 0.857. The minimum absolute atomic E-state index is 0.0452. The first-order chi connectivity index (χ1) is 16.8. The quantitative estimate of drug-likeness (QED) is 0.377. The molecule has 0 radical (unpaired) electrons. The lowest BCUT2D eigenvalue weighted by molar-refractivity contribution is -0.145. The number of nitrogens with zero attached hydrogens (tertiary/aromatic N) is 1. The number of hydrogen-bond acceptors (Lipinski definition) is 6. The zero-order chi connectivity index (χ0) is 25.1. The Balaban J connectivity index is 1.73. The highest BCUT2D eigenvalue weighted by molar-refractivity contribution is 6.30. The third-order valence-electron chi connectivity index (χ3n) is 6.45. The second kappa shape index (κ2) is 10.8. The minimum atomic E-state index is -1.08. The fourth-order valence-corrected chi connectivity index (χ4v) is 4.87. The van der Waals surface area contributed by atoms with Gasteiger partial charge in [-0.05, 0) is 49.6 Å². The average Bonchev–Trinajstić information content (AvgIpc) is 3.15. The summed E-state index contributed by atoms with van der Waals surface area (Å²) in [7, 11) is 1.36. The number of Topliss-reactive ketones (excluding diaryl/α,β-unsaturated/α-hetero) is 1. The van der Waals surface area contributed by atoms with Crippen molar-refractivity contribution in [1.29, 1.82) is 0 Å². The first-order valence-electron chi connectivity index (χ1n) is 11.6. The van der Waals surface area contributed by atoms with Gasteiger partial charge in [-0.3, -0.25) is 14.4 Å². The molecular formula is C26H27ClFNO6. The predicted molar refractivity (Wildman–Crippen MR) is 126 cm³/mol. The molecule has 0 unspecified atom stereocenters. The lowest BCUT2D eigenvalue weighted by atomic mass is 9.89. The topological polar surface area (TPSA) is 82.1 Å². The molecule has 1 saturated heterocycles. The van der Waals surface area contributed by atoms with Crippen LogP contribution >= 0.6 is 11.6 Å². The molecule has 2 aromatic rings. The molecule has 0 spiro atoms. The van der Waals surface area contributed by atoms with Crippen LogP contribution in [0.25, 0.3) is 0 Å². The van der Waals surface area contributed by atoms with E-state index in [1.54, 1.807) is 31.2 Å². The van der Waals surface area contributed by atoms with Gasteiger partial charge in [-0.15, -0.1) is 0 Å². The third-order valence-corrected chi connectivity index (χ3v) is 6.70. The number of ketones is 1. The van der Waals surface area contributed by atoms with Crippen molar-refractivity contribution >= 4 is 29.3 Å². The summed E-state index contributed by atoms with van der Waals surface area (Å²) in [6, 6.07) is 8.50. The number of ether oxygens (including phenoxy) is 3. The summed E-state index contributed by atoms with van der Waals surface area (Å²) < 4.78 is 31.4. The maximum Gasteiger partial charge on any atom is 0.308 e. The van der Waals surface area contributed by atoms with Crippen molar-refractivity contribution in [3.63, 3.8) is 0 Å². The molecule has 0 aliphatic carbocycles. The Morgan fingerprint density at radius 3 is 2.51 bits per heavy atom. The third kappa shape index (κ3) is 5.10. The van der Waals surface area contributed by atoms with Crippen LogP contribution in [0.5, 0.6) is 0 Å². The molecule has 4 rings (SSSR count). The first-order valence-corrected chi connectivity index (χ1v) is 11.9. The molecule has 0 aromatic heterocycles. The molecule has 2 aromatic carbocycles. The summed E-state index contributed by atoms with van der Waals surface area (Å²) in [5.74, 6) is -2.24. The summed E-state index contributed by atoms with van der Waals surface area (Å²) in [4.78, 5) is 40.5. The van der Waals surface area contributed by atoms with E-state index in [1.807, 2.05) is 0 Å². The lowest BCUT2D eigenvalue weighted by Crippen LogP contribution is -2.35. The molecule has 2 heterocycles. The summed E-state index contributed by atoms with van der Waals surface area (Å²) in [6.45, 7) is 2.81. The normalized spacial score (nSPS) is 18.9. The fourth-order valence-electron chi connectivity index (χ4n) is 4.74. The predicted octanol–water partition coefficient (Wildman–Crippen LogP) is 4.88. The number of halogens is 2. The number of amides is 1. The van der Waals surface area contributed by atoms with Crippen LogP contribution in [0, 0.1) is 11.7 Å². The van der Waals surface area contributed by atoms with E-state index < -0.39 is 30.0 Å². The Morgan fingerprint density at radius 1 is 1.20 bits per heavy atom. The van der Waals surface area contributed by atoms with Crippen LogP contribution < -0.4 is 0 Å². The van der Waals surface area contributed by atoms with Crippen LogP contribution in [0.15, 0.2) is 36.4 Å². The second-order valence-corrected chi connectivity index (χ2v) is 8.98. The molecule has 1 amide bonds. The largest absolute Gasteiger partial charge is 0.466 e. The van der Waals surface area contributed by atoms with E-state index in [1.165, 1.54) is 24.1 Å². The van der Waals surface area contributed by atoms with Gasteiger partial charge in [0.25, 0.3) is 5.91 Å². The van der Waals surface area contributed by atoms with Gasteiger partial charge in [0.05, 0.1) is 24.6 Å². The monoisotopic (exact) mass is 503 g/mol. The van der Waals surface area contributed by atoms with Gasteiger partial charge < -0.3 is 19.1 Å². The Kier molecular flexibility index (Phi) is 7.84. The summed E-state index contributed by atoms with van der Waals surface area (Å²) >= 11 is 6.03. The number of benzene rings is 2. The zero-order valence-electron chi connectivity index (χ0n) is 19.6. The van der Waals surface area contributed by atoms with Crippen LogP contribution in [-0.2, 0) is 19.0 Å². The van der Waals surface area contributed by atoms with Gasteiger partial charge in [-0.25, -0.2) is 4.39 Å². The lowest BCUT2D eigenvalue weighted by Gasteiger charge is -2.32. The number of hydrogen-bond donors (Lipinski definition) is 0. The number of carbonyl (C=O) groups excluding carboxylic acids is 3. The molecule has 2 aliphatic heterocycles. The van der Waals surface area contributed by atoms with Gasteiger partial charge in [-0.2, -0.15) is 0 Å². The van der Waals surface area contributed by atoms with Crippen LogP contribution in [0.1, 0.15) is 70.3 Å². The Hall–Kier alpha value is -2.81. The summed E-state index contributed by atoms with van der Waals surface area (Å²) in [5, 5.41) is 0.491. The van der Waals surface area contributed by atoms with Crippen molar-refractivity contribution in [3.05, 3.63) is 69.5 Å². The van der Waals surface area contributed by atoms with Crippen molar-refractivity contribution in [3.8, 4) is 0 Å². The molecule has 2 atom stereocenters. The highest BCUT2D eigenvalue weighted by Crippen LogP contribution is 2.43. The van der Waals surface area contributed by atoms with Crippen molar-refractivity contribution in [2.45, 2.75) is 38.5 Å². The van der Waals surface area contributed by atoms with E-state index >= 15 is 4.39 Å². The highest BCUT2D eigenvalue weighted by Gasteiger charge is 2.45. The van der Waals surface area contributed by atoms with Gasteiger partial charge in [0.2, 0.25) is 0 Å². The second-order valence-electron chi connectivity index (χ2n) is 8.55. The van der Waals surface area contributed by atoms with Crippen molar-refractivity contribution in [2.75, 3.05) is 26.9 Å². The van der Waals surface area contributed by atoms with Crippen LogP contribution in [0.3, 0.4) is 0 Å². The van der Waals surface area contributed by atoms with Crippen LogP contribution in [-0.4, -0.2) is 49.5 Å². The molecule has 186 valence electrons. The molecule has 9 heteroatoms. The SMILES string of the molecule is CCOC(=O)C[C@@H](c1ccc(Cl)cc1)N1C(=O)c2cc(C(=O)C3CCOCC3)cc(F)c2[C@H]1OC. The van der Waals surface area contributed by atoms with Gasteiger partial charge in [0, 0.05) is 42.4 Å². The van der Waals surface area contributed by atoms with Gasteiger partial charge in [0.1, 0.15) is 5.82 Å². The number of esters is 1. The number of fused-ring (bicyclic) bond motifs is 1. The maximum atomic E-state index is 15.4. The molecular weight excluding hydrogens is 477 g/mol. The van der Waals surface area contributed by atoms with E-state index in [0.29, 0.717) is 36.6 Å². The molecule has 0 N–H and O–H groups in total. The van der Waals surface area contributed by atoms with Crippen molar-refractivity contribution < 1.29 is 33.0 Å². The molecule has 35 heavy (non-hydrogen) atoms. The van der Waals surface area contributed by atoms with E-state index in [9.17, 15) is 14.4 Å². The van der Waals surface area contributed by atoms with Gasteiger partial charge in [-0.1, -0.05) is 23.7 Å². The maximum absolute atomic E-state index is 15.4. The first kappa shape index (κ1) is 25.3. The average molecular weight is 504 g/mol. The van der Waals surface area contributed by atoms with Crippen molar-refractivity contribution in [1.82, 2.24) is 4.90 Å². The van der Waals surface area contributed by atoms with E-state index in [4.69, 9.17) is 25.8 Å². The number of rotatable bonds is 8. The molecule has 1 fully saturated rings. The standard InChI is InChI=1S/C26H27ClFNO6/c1-3-35-22(30)14-21(15-4-6-18(27)7-5-15)29-25(32)19-12-17(13-20(28)23(19)26(29)33-2)24(31)16-8-10-34-11-9-16/h4-7,12-13,16,21,26H,3,8-11,14H2,1-2H3/t21-,26+/m0/s1. The number of carbonyl (C=O) groups is 3. The Bertz CT molecular complexity index is 1120.